The summed E-state index contributed by atoms with van der Waals surface area (Å²) in [4.78, 5) is 19.9. The first-order valence-corrected chi connectivity index (χ1v) is 11.9. The van der Waals surface area contributed by atoms with Crippen molar-refractivity contribution in [1.29, 1.82) is 0 Å². The van der Waals surface area contributed by atoms with Gasteiger partial charge in [0, 0.05) is 43.9 Å². The summed E-state index contributed by atoms with van der Waals surface area (Å²) in [5, 5.41) is 4.40. The Bertz CT molecular complexity index is 1070. The van der Waals surface area contributed by atoms with Gasteiger partial charge < -0.3 is 19.2 Å². The molecule has 0 atom stereocenters. The van der Waals surface area contributed by atoms with Crippen LogP contribution in [0.2, 0.25) is 0 Å². The molecule has 1 fully saturated rings. The van der Waals surface area contributed by atoms with Crippen LogP contribution < -0.4 is 4.90 Å². The average molecular weight is 465 g/mol. The van der Waals surface area contributed by atoms with Gasteiger partial charge in [-0.1, -0.05) is 37.2 Å². The molecule has 4 rings (SSSR count). The van der Waals surface area contributed by atoms with E-state index in [0.29, 0.717) is 36.1 Å². The molecule has 0 radical (unpaired) electrons. The number of likely N-dealkylation sites (N-methyl/N-ethyl adjacent to an activating group) is 1. The molecule has 180 valence electrons. The molecule has 6 nitrogen and oxygen atoms in total. The molecule has 0 aliphatic carbocycles. The number of nitrogens with zero attached hydrogens (tertiary/aromatic N) is 4. The van der Waals surface area contributed by atoms with E-state index in [4.69, 9.17) is 4.52 Å². The molecule has 1 aromatic heterocycles. The highest BCUT2D eigenvalue weighted by Gasteiger charge is 2.28. The number of piperazine rings is 1. The number of benzene rings is 2. The van der Waals surface area contributed by atoms with E-state index in [1.165, 1.54) is 12.1 Å². The second kappa shape index (κ2) is 10.8. The molecule has 34 heavy (non-hydrogen) atoms. The van der Waals surface area contributed by atoms with Crippen molar-refractivity contribution in [2.75, 3.05) is 44.7 Å². The van der Waals surface area contributed by atoms with E-state index in [2.05, 4.69) is 35.9 Å². The van der Waals surface area contributed by atoms with Crippen LogP contribution in [0.3, 0.4) is 0 Å². The molecule has 2 aromatic carbocycles. The number of carbonyl (C=O) groups is 1. The number of hydrogen-bond acceptors (Lipinski definition) is 5. The van der Waals surface area contributed by atoms with Crippen molar-refractivity contribution >= 4 is 11.8 Å². The summed E-state index contributed by atoms with van der Waals surface area (Å²) in [6, 6.07) is 15.6. The molecule has 0 bridgehead atoms. The Kier molecular flexibility index (Phi) is 7.63. The van der Waals surface area contributed by atoms with Gasteiger partial charge in [0.2, 0.25) is 5.88 Å². The predicted octanol–water partition coefficient (Wildman–Crippen LogP) is 4.92. The minimum Gasteiger partial charge on any atom is -0.338 e. The molecule has 3 aromatic rings. The van der Waals surface area contributed by atoms with Crippen LogP contribution in [0.1, 0.15) is 36.2 Å². The SMILES string of the molecule is CC(C)CCN(Cc1c(-c2ccc(F)cc2)noc1N1CCN(C)CC1)C(=O)c1ccccc1. The zero-order valence-electron chi connectivity index (χ0n) is 20.2. The van der Waals surface area contributed by atoms with Gasteiger partial charge in [-0.2, -0.15) is 0 Å². The van der Waals surface area contributed by atoms with Crippen molar-refractivity contribution in [2.24, 2.45) is 5.92 Å². The van der Waals surface area contributed by atoms with Gasteiger partial charge in [-0.25, -0.2) is 4.39 Å². The van der Waals surface area contributed by atoms with Crippen molar-refractivity contribution in [1.82, 2.24) is 15.0 Å². The minimum absolute atomic E-state index is 0.0168. The molecule has 1 aliphatic rings. The van der Waals surface area contributed by atoms with E-state index in [1.54, 1.807) is 12.1 Å². The third kappa shape index (κ3) is 5.65. The molecular weight excluding hydrogens is 431 g/mol. The standard InChI is InChI=1S/C27H33FN4O2/c1-20(2)13-14-32(26(33)22-7-5-4-6-8-22)19-24-25(21-9-11-23(28)12-10-21)29-34-27(24)31-17-15-30(3)16-18-31/h4-12,20H,13-19H2,1-3H3. The maximum Gasteiger partial charge on any atom is 0.254 e. The number of hydrogen-bond donors (Lipinski definition) is 0. The van der Waals surface area contributed by atoms with Crippen molar-refractivity contribution in [3.63, 3.8) is 0 Å². The van der Waals surface area contributed by atoms with Gasteiger partial charge >= 0.3 is 0 Å². The first-order chi connectivity index (χ1) is 16.4. The minimum atomic E-state index is -0.300. The van der Waals surface area contributed by atoms with Crippen molar-refractivity contribution in [3.05, 3.63) is 71.5 Å². The van der Waals surface area contributed by atoms with Crippen molar-refractivity contribution in [2.45, 2.75) is 26.8 Å². The largest absolute Gasteiger partial charge is 0.338 e. The van der Waals surface area contributed by atoms with Gasteiger partial charge in [-0.05, 0) is 55.8 Å². The smallest absolute Gasteiger partial charge is 0.254 e. The van der Waals surface area contributed by atoms with E-state index < -0.39 is 0 Å². The molecule has 0 N–H and O–H groups in total. The fourth-order valence-electron chi connectivity index (χ4n) is 4.16. The Morgan fingerprint density at radius 2 is 1.74 bits per heavy atom. The number of anilines is 1. The summed E-state index contributed by atoms with van der Waals surface area (Å²) in [5.41, 5.74) is 2.96. The zero-order chi connectivity index (χ0) is 24.1. The number of carbonyl (C=O) groups excluding carboxylic acids is 1. The summed E-state index contributed by atoms with van der Waals surface area (Å²) in [6.45, 7) is 8.80. The van der Waals surface area contributed by atoms with Crippen LogP contribution in [0, 0.1) is 11.7 Å². The quantitative estimate of drug-likeness (QED) is 0.474. The number of amides is 1. The highest BCUT2D eigenvalue weighted by Crippen LogP contribution is 2.33. The Morgan fingerprint density at radius 3 is 2.38 bits per heavy atom. The van der Waals surface area contributed by atoms with Gasteiger partial charge in [0.15, 0.2) is 0 Å². The van der Waals surface area contributed by atoms with Crippen LogP contribution in [0.15, 0.2) is 59.1 Å². The zero-order valence-corrected chi connectivity index (χ0v) is 20.2. The van der Waals surface area contributed by atoms with Gasteiger partial charge in [-0.3, -0.25) is 4.79 Å². The van der Waals surface area contributed by atoms with E-state index >= 15 is 0 Å². The third-order valence-electron chi connectivity index (χ3n) is 6.31. The average Bonchev–Trinajstić information content (AvgIpc) is 3.26. The molecule has 1 amide bonds. The molecule has 0 spiro atoms. The molecule has 7 heteroatoms. The summed E-state index contributed by atoms with van der Waals surface area (Å²) >= 11 is 0. The molecule has 1 aliphatic heterocycles. The third-order valence-corrected chi connectivity index (χ3v) is 6.31. The topological polar surface area (TPSA) is 52.8 Å². The monoisotopic (exact) mass is 464 g/mol. The Labute approximate surface area is 200 Å². The predicted molar refractivity (Wildman–Crippen MR) is 132 cm³/mol. The van der Waals surface area contributed by atoms with E-state index in [1.807, 2.05) is 35.2 Å². The lowest BCUT2D eigenvalue weighted by atomic mass is 10.0. The maximum absolute atomic E-state index is 13.6. The molecule has 2 heterocycles. The number of aromatic nitrogens is 1. The van der Waals surface area contributed by atoms with Gasteiger partial charge in [0.25, 0.3) is 5.91 Å². The van der Waals surface area contributed by atoms with Gasteiger partial charge in [0.1, 0.15) is 11.5 Å². The van der Waals surface area contributed by atoms with Gasteiger partial charge in [0.05, 0.1) is 12.1 Å². The summed E-state index contributed by atoms with van der Waals surface area (Å²) in [6.07, 6.45) is 0.888. The van der Waals surface area contributed by atoms with Crippen LogP contribution in [-0.4, -0.2) is 60.6 Å². The normalized spacial score (nSPS) is 14.6. The lowest BCUT2D eigenvalue weighted by Crippen LogP contribution is -2.45. The van der Waals surface area contributed by atoms with E-state index in [9.17, 15) is 9.18 Å². The fraction of sp³-hybridized carbons (Fsp3) is 0.407. The second-order valence-electron chi connectivity index (χ2n) is 9.39. The first-order valence-electron chi connectivity index (χ1n) is 11.9. The Hall–Kier alpha value is -3.19. The lowest BCUT2D eigenvalue weighted by Gasteiger charge is -2.33. The van der Waals surface area contributed by atoms with Crippen LogP contribution in [-0.2, 0) is 6.54 Å². The Balaban J connectivity index is 1.71. The van der Waals surface area contributed by atoms with Crippen LogP contribution in [0.4, 0.5) is 10.3 Å². The van der Waals surface area contributed by atoms with Crippen LogP contribution >= 0.6 is 0 Å². The molecule has 0 unspecified atom stereocenters. The second-order valence-corrected chi connectivity index (χ2v) is 9.39. The van der Waals surface area contributed by atoms with E-state index in [-0.39, 0.29) is 11.7 Å². The number of halogens is 1. The highest BCUT2D eigenvalue weighted by molar-refractivity contribution is 5.94. The van der Waals surface area contributed by atoms with Crippen LogP contribution in [0.5, 0.6) is 0 Å². The summed E-state index contributed by atoms with van der Waals surface area (Å²) < 4.78 is 19.5. The van der Waals surface area contributed by atoms with Gasteiger partial charge in [-0.15, -0.1) is 0 Å². The maximum atomic E-state index is 13.6. The Morgan fingerprint density at radius 1 is 1.06 bits per heavy atom. The summed E-state index contributed by atoms with van der Waals surface area (Å²) in [5.74, 6) is 0.841. The first kappa shape index (κ1) is 24.0. The van der Waals surface area contributed by atoms with Crippen molar-refractivity contribution in [3.8, 4) is 11.3 Å². The van der Waals surface area contributed by atoms with Crippen LogP contribution in [0.25, 0.3) is 11.3 Å². The molecular formula is C27H33FN4O2. The van der Waals surface area contributed by atoms with Crippen molar-refractivity contribution < 1.29 is 13.7 Å². The molecule has 0 saturated carbocycles. The fourth-order valence-corrected chi connectivity index (χ4v) is 4.16. The van der Waals surface area contributed by atoms with E-state index in [0.717, 1.165) is 43.7 Å². The summed E-state index contributed by atoms with van der Waals surface area (Å²) in [7, 11) is 2.11. The number of rotatable bonds is 8. The lowest BCUT2D eigenvalue weighted by molar-refractivity contribution is 0.0735. The molecule has 1 saturated heterocycles. The highest BCUT2D eigenvalue weighted by atomic mass is 19.1.